The summed E-state index contributed by atoms with van der Waals surface area (Å²) in [7, 11) is 3.91. The van der Waals surface area contributed by atoms with Crippen LogP contribution in [0.1, 0.15) is 25.7 Å². The summed E-state index contributed by atoms with van der Waals surface area (Å²) < 4.78 is 0. The third-order valence-electron chi connectivity index (χ3n) is 3.34. The van der Waals surface area contributed by atoms with Crippen LogP contribution >= 0.6 is 0 Å². The maximum absolute atomic E-state index is 11.9. The Balaban J connectivity index is 2.14. The van der Waals surface area contributed by atoms with Crippen LogP contribution in [0.2, 0.25) is 0 Å². The number of nitrogens with one attached hydrogen (secondary N) is 1. The van der Waals surface area contributed by atoms with Gasteiger partial charge < -0.3 is 20.9 Å². The SMILES string of the molecule is CN(C)CCNC(=O)CCC(=O)N1CCC(N)CC1. The molecule has 0 atom stereocenters. The van der Waals surface area contributed by atoms with Crippen molar-refractivity contribution in [2.24, 2.45) is 5.73 Å². The van der Waals surface area contributed by atoms with Crippen molar-refractivity contribution in [3.63, 3.8) is 0 Å². The number of rotatable bonds is 6. The largest absolute Gasteiger partial charge is 0.355 e. The molecule has 0 aromatic heterocycles. The van der Waals surface area contributed by atoms with E-state index in [4.69, 9.17) is 5.73 Å². The molecule has 2 amide bonds. The van der Waals surface area contributed by atoms with Gasteiger partial charge in [0, 0.05) is 45.1 Å². The van der Waals surface area contributed by atoms with Crippen LogP contribution in [0.25, 0.3) is 0 Å². The van der Waals surface area contributed by atoms with Crippen LogP contribution in [0.15, 0.2) is 0 Å². The summed E-state index contributed by atoms with van der Waals surface area (Å²) in [6.45, 7) is 2.88. The molecule has 1 aliphatic rings. The van der Waals surface area contributed by atoms with Crippen molar-refractivity contribution in [2.45, 2.75) is 31.7 Å². The van der Waals surface area contributed by atoms with E-state index in [2.05, 4.69) is 5.32 Å². The highest BCUT2D eigenvalue weighted by Gasteiger charge is 2.20. The number of carbonyl (C=O) groups is 2. The lowest BCUT2D eigenvalue weighted by molar-refractivity contribution is -0.134. The normalized spacial score (nSPS) is 16.7. The highest BCUT2D eigenvalue weighted by molar-refractivity contribution is 5.83. The van der Waals surface area contributed by atoms with Crippen LogP contribution < -0.4 is 11.1 Å². The minimum absolute atomic E-state index is 0.0519. The van der Waals surface area contributed by atoms with E-state index in [0.717, 1.165) is 32.5 Å². The number of nitrogens with two attached hydrogens (primary N) is 1. The summed E-state index contributed by atoms with van der Waals surface area (Å²) >= 11 is 0. The number of piperidine rings is 1. The smallest absolute Gasteiger partial charge is 0.223 e. The van der Waals surface area contributed by atoms with E-state index in [9.17, 15) is 9.59 Å². The zero-order chi connectivity index (χ0) is 14.3. The monoisotopic (exact) mass is 270 g/mol. The standard InChI is InChI=1S/C13H26N4O2/c1-16(2)10-7-15-12(18)3-4-13(19)17-8-5-11(14)6-9-17/h11H,3-10,14H2,1-2H3,(H,15,18). The van der Waals surface area contributed by atoms with Gasteiger partial charge in [0.25, 0.3) is 0 Å². The summed E-state index contributed by atoms with van der Waals surface area (Å²) in [4.78, 5) is 27.2. The van der Waals surface area contributed by atoms with E-state index < -0.39 is 0 Å². The fraction of sp³-hybridized carbons (Fsp3) is 0.846. The Morgan fingerprint density at radius 1 is 1.26 bits per heavy atom. The maximum atomic E-state index is 11.9. The molecular formula is C13H26N4O2. The number of hydrogen-bond donors (Lipinski definition) is 2. The molecule has 0 spiro atoms. The number of likely N-dealkylation sites (N-methyl/N-ethyl adjacent to an activating group) is 1. The molecule has 110 valence electrons. The van der Waals surface area contributed by atoms with Gasteiger partial charge in [-0.2, -0.15) is 0 Å². The lowest BCUT2D eigenvalue weighted by atomic mass is 10.1. The number of likely N-dealkylation sites (tertiary alicyclic amines) is 1. The van der Waals surface area contributed by atoms with Gasteiger partial charge in [0.05, 0.1) is 0 Å². The molecule has 0 bridgehead atoms. The maximum Gasteiger partial charge on any atom is 0.223 e. The Kier molecular flexibility index (Phi) is 6.80. The molecule has 1 rings (SSSR count). The van der Waals surface area contributed by atoms with Crippen LogP contribution in [0.3, 0.4) is 0 Å². The predicted molar refractivity (Wildman–Crippen MR) is 74.6 cm³/mol. The third kappa shape index (κ3) is 6.54. The average molecular weight is 270 g/mol. The first kappa shape index (κ1) is 15.9. The van der Waals surface area contributed by atoms with Crippen molar-refractivity contribution in [1.29, 1.82) is 0 Å². The molecule has 0 radical (unpaired) electrons. The molecular weight excluding hydrogens is 244 g/mol. The van der Waals surface area contributed by atoms with Crippen molar-refractivity contribution in [2.75, 3.05) is 40.3 Å². The van der Waals surface area contributed by atoms with Gasteiger partial charge in [-0.25, -0.2) is 0 Å². The number of carbonyl (C=O) groups excluding carboxylic acids is 2. The van der Waals surface area contributed by atoms with Gasteiger partial charge in [0.1, 0.15) is 0 Å². The first-order chi connectivity index (χ1) is 8.99. The lowest BCUT2D eigenvalue weighted by Crippen LogP contribution is -2.43. The molecule has 1 aliphatic heterocycles. The van der Waals surface area contributed by atoms with Crippen LogP contribution in [0.4, 0.5) is 0 Å². The molecule has 0 aromatic rings. The zero-order valence-corrected chi connectivity index (χ0v) is 12.0. The molecule has 6 nitrogen and oxygen atoms in total. The molecule has 6 heteroatoms. The highest BCUT2D eigenvalue weighted by Crippen LogP contribution is 2.10. The minimum Gasteiger partial charge on any atom is -0.355 e. The van der Waals surface area contributed by atoms with Crippen LogP contribution in [0.5, 0.6) is 0 Å². The minimum atomic E-state index is -0.0519. The number of nitrogens with zero attached hydrogens (tertiary/aromatic N) is 2. The van der Waals surface area contributed by atoms with Crippen molar-refractivity contribution in [1.82, 2.24) is 15.1 Å². The molecule has 0 aliphatic carbocycles. The summed E-state index contributed by atoms with van der Waals surface area (Å²) in [5.41, 5.74) is 5.79. The Morgan fingerprint density at radius 3 is 2.47 bits per heavy atom. The van der Waals surface area contributed by atoms with Gasteiger partial charge in [-0.1, -0.05) is 0 Å². The van der Waals surface area contributed by atoms with E-state index in [1.54, 1.807) is 0 Å². The van der Waals surface area contributed by atoms with Crippen LogP contribution in [-0.4, -0.2) is 67.9 Å². The van der Waals surface area contributed by atoms with Gasteiger partial charge in [-0.15, -0.1) is 0 Å². The second kappa shape index (κ2) is 8.12. The Morgan fingerprint density at radius 2 is 1.89 bits per heavy atom. The van der Waals surface area contributed by atoms with E-state index in [1.165, 1.54) is 0 Å². The molecule has 3 N–H and O–H groups in total. The van der Waals surface area contributed by atoms with Crippen molar-refractivity contribution in [3.8, 4) is 0 Å². The van der Waals surface area contributed by atoms with Gasteiger partial charge in [0.15, 0.2) is 0 Å². The zero-order valence-electron chi connectivity index (χ0n) is 12.0. The van der Waals surface area contributed by atoms with Gasteiger partial charge in [-0.05, 0) is 26.9 Å². The van der Waals surface area contributed by atoms with E-state index in [-0.39, 0.29) is 24.3 Å². The predicted octanol–water partition coefficient (Wildman–Crippen LogP) is -0.606. The third-order valence-corrected chi connectivity index (χ3v) is 3.34. The average Bonchev–Trinajstić information content (AvgIpc) is 2.36. The van der Waals surface area contributed by atoms with Gasteiger partial charge in [-0.3, -0.25) is 9.59 Å². The molecule has 1 heterocycles. The Labute approximate surface area is 115 Å². The highest BCUT2D eigenvalue weighted by atomic mass is 16.2. The molecule has 1 saturated heterocycles. The fourth-order valence-electron chi connectivity index (χ4n) is 2.03. The molecule has 0 saturated carbocycles. The topological polar surface area (TPSA) is 78.7 Å². The lowest BCUT2D eigenvalue weighted by Gasteiger charge is -2.30. The fourth-order valence-corrected chi connectivity index (χ4v) is 2.03. The first-order valence-corrected chi connectivity index (χ1v) is 6.94. The number of hydrogen-bond acceptors (Lipinski definition) is 4. The van der Waals surface area contributed by atoms with Crippen LogP contribution in [0, 0.1) is 0 Å². The van der Waals surface area contributed by atoms with Crippen molar-refractivity contribution < 1.29 is 9.59 Å². The molecule has 0 aromatic carbocycles. The van der Waals surface area contributed by atoms with Crippen molar-refractivity contribution >= 4 is 11.8 Å². The van der Waals surface area contributed by atoms with E-state index in [0.29, 0.717) is 13.0 Å². The molecule has 19 heavy (non-hydrogen) atoms. The van der Waals surface area contributed by atoms with E-state index >= 15 is 0 Å². The molecule has 0 unspecified atom stereocenters. The Hall–Kier alpha value is -1.14. The quantitative estimate of drug-likeness (QED) is 0.675. The summed E-state index contributed by atoms with van der Waals surface area (Å²) in [6.07, 6.45) is 2.29. The summed E-state index contributed by atoms with van der Waals surface area (Å²) in [6, 6.07) is 0.221. The Bertz CT molecular complexity index is 299. The first-order valence-electron chi connectivity index (χ1n) is 6.94. The van der Waals surface area contributed by atoms with Crippen LogP contribution in [-0.2, 0) is 9.59 Å². The van der Waals surface area contributed by atoms with Crippen molar-refractivity contribution in [3.05, 3.63) is 0 Å². The van der Waals surface area contributed by atoms with E-state index in [1.807, 2.05) is 23.9 Å². The second-order valence-electron chi connectivity index (χ2n) is 5.37. The molecule has 1 fully saturated rings. The number of amides is 2. The van der Waals surface area contributed by atoms with Gasteiger partial charge >= 0.3 is 0 Å². The summed E-state index contributed by atoms with van der Waals surface area (Å²) in [5.74, 6) is 0.0126. The summed E-state index contributed by atoms with van der Waals surface area (Å²) in [5, 5.41) is 2.81. The van der Waals surface area contributed by atoms with Gasteiger partial charge in [0.2, 0.25) is 11.8 Å². The second-order valence-corrected chi connectivity index (χ2v) is 5.37.